The first-order chi connectivity index (χ1) is 2.81. The van der Waals surface area contributed by atoms with E-state index in [0.717, 1.165) is 0 Å². The summed E-state index contributed by atoms with van der Waals surface area (Å²) >= 11 is 0. The van der Waals surface area contributed by atoms with Crippen LogP contribution >= 0.6 is 0 Å². The summed E-state index contributed by atoms with van der Waals surface area (Å²) in [4.78, 5) is 10.2. The number of hydrogen-bond donors (Lipinski definition) is 1. The van der Waals surface area contributed by atoms with Gasteiger partial charge in [0.25, 0.3) is 0 Å². The molecule has 0 aromatic rings. The third kappa shape index (κ3) is 5.63. The Morgan fingerprint density at radius 1 is 1.29 bits per heavy atom. The highest BCUT2D eigenvalue weighted by Gasteiger charge is 1.86. The first-order valence-corrected chi connectivity index (χ1v) is 2.33. The fraction of sp³-hybridized carbons (Fsp3) is 0.800. The second kappa shape index (κ2) is 5.63. The van der Waals surface area contributed by atoms with Crippen molar-refractivity contribution in [1.29, 1.82) is 0 Å². The van der Waals surface area contributed by atoms with Crippen LogP contribution in [0.2, 0.25) is 0 Å². The summed E-state index contributed by atoms with van der Waals surface area (Å²) in [5.74, 6) is 0.343. The Bertz CT molecular complexity index is 46.0. The van der Waals surface area contributed by atoms with Crippen molar-refractivity contribution < 1.29 is 4.79 Å². The van der Waals surface area contributed by atoms with Crippen LogP contribution in [0.1, 0.15) is 26.7 Å². The van der Waals surface area contributed by atoms with E-state index >= 15 is 0 Å². The lowest BCUT2D eigenvalue weighted by Gasteiger charge is -1.81. The summed E-state index contributed by atoms with van der Waals surface area (Å²) < 4.78 is 0. The lowest BCUT2D eigenvalue weighted by atomic mass is 10.3. The van der Waals surface area contributed by atoms with E-state index in [1.54, 1.807) is 0 Å². The molecule has 0 unspecified atom stereocenters. The quantitative estimate of drug-likeness (QED) is 0.576. The molecule has 0 saturated heterocycles. The van der Waals surface area contributed by atoms with Crippen LogP contribution in [-0.2, 0) is 4.79 Å². The zero-order valence-electron chi connectivity index (χ0n) is 5.03. The third-order valence-electron chi connectivity index (χ3n) is 0.789. The van der Waals surface area contributed by atoms with Gasteiger partial charge >= 0.3 is 0 Å². The molecule has 7 heavy (non-hydrogen) atoms. The van der Waals surface area contributed by atoms with E-state index in [-0.39, 0.29) is 6.15 Å². The lowest BCUT2D eigenvalue weighted by molar-refractivity contribution is -0.118. The van der Waals surface area contributed by atoms with Crippen LogP contribution in [0.4, 0.5) is 0 Å². The molecule has 0 aromatic heterocycles. The Morgan fingerprint density at radius 3 is 1.57 bits per heavy atom. The van der Waals surface area contributed by atoms with Crippen LogP contribution in [0.3, 0.4) is 0 Å². The average Bonchev–Trinajstić information content (AvgIpc) is 1.65. The van der Waals surface area contributed by atoms with Crippen molar-refractivity contribution in [2.45, 2.75) is 26.7 Å². The molecule has 0 aliphatic rings. The van der Waals surface area contributed by atoms with Crippen LogP contribution in [0, 0.1) is 0 Å². The van der Waals surface area contributed by atoms with Gasteiger partial charge in [0.15, 0.2) is 0 Å². The van der Waals surface area contributed by atoms with E-state index in [2.05, 4.69) is 0 Å². The number of rotatable bonds is 2. The van der Waals surface area contributed by atoms with Gasteiger partial charge in [-0.2, -0.15) is 0 Å². The molecule has 2 nitrogen and oxygen atoms in total. The Balaban J connectivity index is 0. The maximum Gasteiger partial charge on any atom is 0.132 e. The molecule has 0 atom stereocenters. The van der Waals surface area contributed by atoms with Crippen molar-refractivity contribution in [2.75, 3.05) is 0 Å². The van der Waals surface area contributed by atoms with Crippen molar-refractivity contribution in [1.82, 2.24) is 6.15 Å². The highest BCUT2D eigenvalue weighted by molar-refractivity contribution is 5.77. The molecule has 0 fully saturated rings. The molecule has 0 aliphatic heterocycles. The van der Waals surface area contributed by atoms with Gasteiger partial charge in [0.1, 0.15) is 5.78 Å². The smallest absolute Gasteiger partial charge is 0.132 e. The Labute approximate surface area is 44.5 Å². The fourth-order valence-corrected chi connectivity index (χ4v) is 0.250. The van der Waals surface area contributed by atoms with E-state index < -0.39 is 0 Å². The zero-order valence-corrected chi connectivity index (χ0v) is 5.03. The summed E-state index contributed by atoms with van der Waals surface area (Å²) in [7, 11) is 0. The van der Waals surface area contributed by atoms with Crippen molar-refractivity contribution in [3.05, 3.63) is 0 Å². The molecule has 0 spiro atoms. The fourth-order valence-electron chi connectivity index (χ4n) is 0.250. The summed E-state index contributed by atoms with van der Waals surface area (Å²) in [6, 6.07) is 0. The molecule has 0 aromatic carbocycles. The van der Waals surface area contributed by atoms with Crippen LogP contribution in [0.5, 0.6) is 0 Å². The topological polar surface area (TPSA) is 52.1 Å². The third-order valence-corrected chi connectivity index (χ3v) is 0.789. The van der Waals surface area contributed by atoms with Gasteiger partial charge in [0.2, 0.25) is 0 Å². The first kappa shape index (κ1) is 9.80. The van der Waals surface area contributed by atoms with Crippen LogP contribution in [0.15, 0.2) is 0 Å². The van der Waals surface area contributed by atoms with Gasteiger partial charge in [-0.3, -0.25) is 4.79 Å². The molecule has 44 valence electrons. The lowest BCUT2D eigenvalue weighted by Crippen LogP contribution is -1.88. The van der Waals surface area contributed by atoms with Gasteiger partial charge in [0, 0.05) is 12.8 Å². The molecule has 0 rings (SSSR count). The molecule has 3 N–H and O–H groups in total. The monoisotopic (exact) mass is 103 g/mol. The van der Waals surface area contributed by atoms with E-state index in [9.17, 15) is 4.79 Å². The highest BCUT2D eigenvalue weighted by Crippen LogP contribution is 1.82. The molecule has 0 amide bonds. The predicted molar refractivity (Wildman–Crippen MR) is 30.6 cm³/mol. The van der Waals surface area contributed by atoms with Crippen molar-refractivity contribution >= 4 is 5.78 Å². The Kier molecular flexibility index (Phi) is 7.88. The number of carbonyl (C=O) groups is 1. The summed E-state index contributed by atoms with van der Waals surface area (Å²) in [5, 5.41) is 0. The maximum absolute atomic E-state index is 10.2. The second-order valence-corrected chi connectivity index (χ2v) is 1.25. The second-order valence-electron chi connectivity index (χ2n) is 1.25. The SMILES string of the molecule is CCC(=O)CC.N. The van der Waals surface area contributed by atoms with Gasteiger partial charge in [-0.1, -0.05) is 13.8 Å². The van der Waals surface area contributed by atoms with E-state index in [4.69, 9.17) is 0 Å². The summed E-state index contributed by atoms with van der Waals surface area (Å²) in [6.07, 6.45) is 1.38. The van der Waals surface area contributed by atoms with Crippen LogP contribution < -0.4 is 6.15 Å². The minimum absolute atomic E-state index is 0. The molecule has 0 radical (unpaired) electrons. The minimum Gasteiger partial charge on any atom is -0.344 e. The van der Waals surface area contributed by atoms with E-state index in [0.29, 0.717) is 18.6 Å². The van der Waals surface area contributed by atoms with Crippen LogP contribution in [-0.4, -0.2) is 5.78 Å². The van der Waals surface area contributed by atoms with E-state index in [1.807, 2.05) is 13.8 Å². The number of hydrogen-bond acceptors (Lipinski definition) is 2. The standard InChI is InChI=1S/C5H10O.H3N/c1-3-5(6)4-2;/h3-4H2,1-2H3;1H3. The molecule has 2 heteroatoms. The first-order valence-electron chi connectivity index (χ1n) is 2.33. The van der Waals surface area contributed by atoms with E-state index in [1.165, 1.54) is 0 Å². The summed E-state index contributed by atoms with van der Waals surface area (Å²) in [5.41, 5.74) is 0. The van der Waals surface area contributed by atoms with Crippen molar-refractivity contribution in [2.24, 2.45) is 0 Å². The molecular formula is C5H13NO. The van der Waals surface area contributed by atoms with Gasteiger partial charge < -0.3 is 6.15 Å². The van der Waals surface area contributed by atoms with Crippen molar-refractivity contribution in [3.63, 3.8) is 0 Å². The maximum atomic E-state index is 10.2. The predicted octanol–water partition coefficient (Wildman–Crippen LogP) is 1.54. The highest BCUT2D eigenvalue weighted by atomic mass is 16.1. The molecule has 0 bridgehead atoms. The molecule has 0 heterocycles. The molecule has 0 saturated carbocycles. The van der Waals surface area contributed by atoms with Gasteiger partial charge in [-0.05, 0) is 0 Å². The van der Waals surface area contributed by atoms with Crippen molar-refractivity contribution in [3.8, 4) is 0 Å². The number of carbonyl (C=O) groups excluding carboxylic acids is 1. The van der Waals surface area contributed by atoms with Gasteiger partial charge in [-0.25, -0.2) is 0 Å². The van der Waals surface area contributed by atoms with Gasteiger partial charge in [0.05, 0.1) is 0 Å². The zero-order chi connectivity index (χ0) is 4.99. The largest absolute Gasteiger partial charge is 0.344 e. The molecule has 0 aliphatic carbocycles. The number of ketones is 1. The Hall–Kier alpha value is -0.370. The normalized spacial score (nSPS) is 7.14. The minimum atomic E-state index is 0. The average molecular weight is 103 g/mol. The summed E-state index contributed by atoms with van der Waals surface area (Å²) in [6.45, 7) is 3.76. The Morgan fingerprint density at radius 2 is 1.57 bits per heavy atom. The molecular weight excluding hydrogens is 90.1 g/mol. The van der Waals surface area contributed by atoms with Gasteiger partial charge in [-0.15, -0.1) is 0 Å². The number of Topliss-reactive ketones (excluding diaryl/α,β-unsaturated/α-hetero) is 1. The van der Waals surface area contributed by atoms with Crippen LogP contribution in [0.25, 0.3) is 0 Å².